The highest BCUT2D eigenvalue weighted by molar-refractivity contribution is 6.04. The van der Waals surface area contributed by atoms with Gasteiger partial charge in [-0.05, 0) is 11.5 Å². The molecular weight excluding hydrogens is 232 g/mol. The van der Waals surface area contributed by atoms with Gasteiger partial charge >= 0.3 is 11.9 Å². The zero-order chi connectivity index (χ0) is 11.5. The third-order valence-electron chi connectivity index (χ3n) is 0.863. The van der Waals surface area contributed by atoms with Crippen molar-refractivity contribution in [1.29, 1.82) is 0 Å². The van der Waals surface area contributed by atoms with Gasteiger partial charge in [0.15, 0.2) is 12.5 Å². The van der Waals surface area contributed by atoms with Crippen molar-refractivity contribution in [3.8, 4) is 0 Å². The number of ether oxygens (including phenoxy) is 1. The highest BCUT2D eigenvalue weighted by atomic mass is 17.1. The van der Waals surface area contributed by atoms with Crippen LogP contribution in [0.2, 0.25) is 0 Å². The normalized spacial score (nSPS) is 10.0. The Labute approximate surface area is 99.9 Å². The number of hydrogen-bond donors (Lipinski definition) is 2. The second kappa shape index (κ2) is 13.7. The minimum absolute atomic E-state index is 0. The minimum atomic E-state index is -0.579. The van der Waals surface area contributed by atoms with E-state index in [0.29, 0.717) is 0 Å². The van der Waals surface area contributed by atoms with Crippen molar-refractivity contribution in [3.05, 3.63) is 36.1 Å². The second-order valence-corrected chi connectivity index (χ2v) is 1.81. The van der Waals surface area contributed by atoms with Crippen LogP contribution in [0, 0.1) is 0 Å². The molecule has 0 amide bonds. The van der Waals surface area contributed by atoms with E-state index in [1.165, 1.54) is 0 Å². The van der Waals surface area contributed by atoms with E-state index in [0.717, 1.165) is 24.7 Å². The van der Waals surface area contributed by atoms with E-state index in [1.807, 2.05) is 0 Å². The Bertz CT molecular complexity index is 317. The summed E-state index contributed by atoms with van der Waals surface area (Å²) in [5, 5.41) is 15.2. The molecule has 0 aromatic heterocycles. The van der Waals surface area contributed by atoms with E-state index in [1.54, 1.807) is 0 Å². The molecule has 1 aliphatic rings. The molecule has 0 saturated carbocycles. The fourth-order valence-corrected chi connectivity index (χ4v) is 0.424. The van der Waals surface area contributed by atoms with E-state index < -0.39 is 11.9 Å². The van der Waals surface area contributed by atoms with Crippen LogP contribution in [-0.2, 0) is 24.1 Å². The van der Waals surface area contributed by atoms with Gasteiger partial charge in [0.2, 0.25) is 0 Å². The van der Waals surface area contributed by atoms with Gasteiger partial charge in [-0.25, -0.2) is 20.1 Å². The van der Waals surface area contributed by atoms with Crippen molar-refractivity contribution in [2.75, 3.05) is 0 Å². The smallest absolute Gasteiger partial charge is 0.338 e. The lowest BCUT2D eigenvalue weighted by Crippen LogP contribution is -1.96. The summed E-state index contributed by atoms with van der Waals surface area (Å²) >= 11 is 0. The first-order valence-corrected chi connectivity index (χ1v) is 3.39. The van der Waals surface area contributed by atoms with Crippen LogP contribution in [-0.4, -0.2) is 22.5 Å². The molecule has 7 heteroatoms. The standard InChI is InChI=1S/C4H4O4.C4H2O3.2CH4.H2/c5-7-3-1-2-4-8-6;5-3-1-2-4(6)7-3;;;/h3-6H;1-2H;2*1H4;1H/i;;;;1+1. The molecule has 0 radical (unpaired) electrons. The summed E-state index contributed by atoms with van der Waals surface area (Å²) in [6.45, 7) is 0. The maximum Gasteiger partial charge on any atom is 0.338 e. The van der Waals surface area contributed by atoms with Gasteiger partial charge in [-0.1, -0.05) is 14.9 Å². The molecule has 0 aromatic carbocycles. The van der Waals surface area contributed by atoms with Crippen LogP contribution < -0.4 is 0 Å². The van der Waals surface area contributed by atoms with Gasteiger partial charge in [0, 0.05) is 13.6 Å². The molecule has 98 valence electrons. The van der Waals surface area contributed by atoms with Crippen molar-refractivity contribution in [2.45, 2.75) is 14.9 Å². The molecular formula is C10H16O7. The molecule has 1 heterocycles. The first-order valence-electron chi connectivity index (χ1n) is 3.39. The summed E-state index contributed by atoms with van der Waals surface area (Å²) in [6.07, 6.45) is 3.83. The van der Waals surface area contributed by atoms with Gasteiger partial charge in [0.05, 0.1) is 0 Å². The van der Waals surface area contributed by atoms with Crippen LogP contribution in [0.15, 0.2) is 36.1 Å². The number of cyclic esters (lactones) is 2. The number of carbonyl (C=O) groups is 2. The minimum Gasteiger partial charge on any atom is -0.387 e. The van der Waals surface area contributed by atoms with E-state index in [9.17, 15) is 9.59 Å². The van der Waals surface area contributed by atoms with E-state index >= 15 is 0 Å². The highest BCUT2D eigenvalue weighted by Gasteiger charge is 2.10. The number of carbonyl (C=O) groups excluding carboxylic acids is 2. The van der Waals surface area contributed by atoms with Gasteiger partial charge in [0.1, 0.15) is 0 Å². The maximum absolute atomic E-state index is 9.92. The lowest BCUT2D eigenvalue weighted by molar-refractivity contribution is -0.187. The molecule has 0 unspecified atom stereocenters. The predicted molar refractivity (Wildman–Crippen MR) is 59.4 cm³/mol. The van der Waals surface area contributed by atoms with Crippen molar-refractivity contribution in [1.82, 2.24) is 0 Å². The Morgan fingerprint density at radius 3 is 1.59 bits per heavy atom. The van der Waals surface area contributed by atoms with Crippen molar-refractivity contribution < 1.29 is 36.0 Å². The van der Waals surface area contributed by atoms with Gasteiger partial charge in [-0.3, -0.25) is 0 Å². The van der Waals surface area contributed by atoms with E-state index in [2.05, 4.69) is 26.0 Å². The average Bonchev–Trinajstić information content (AvgIpc) is 2.58. The molecule has 0 atom stereocenters. The Kier molecular flexibility index (Phi) is 16.2. The molecule has 1 rings (SSSR count). The molecule has 0 fully saturated rings. The zero-order valence-electron chi connectivity index (χ0n) is 7.25. The second-order valence-electron chi connectivity index (χ2n) is 1.81. The molecule has 0 saturated heterocycles. The predicted octanol–water partition coefficient (Wildman–Crippen LogP) is 1.89. The van der Waals surface area contributed by atoms with Crippen molar-refractivity contribution >= 4 is 11.9 Å². The monoisotopic (exact) mass is 249 g/mol. The van der Waals surface area contributed by atoms with Crippen LogP contribution in [0.1, 0.15) is 16.3 Å². The first-order chi connectivity index (χ1) is 7.20. The molecule has 0 bridgehead atoms. The lowest BCUT2D eigenvalue weighted by atomic mass is 10.6. The van der Waals surface area contributed by atoms with Gasteiger partial charge < -0.3 is 14.5 Å². The largest absolute Gasteiger partial charge is 0.387 e. The van der Waals surface area contributed by atoms with Crippen molar-refractivity contribution in [3.63, 3.8) is 0 Å². The van der Waals surface area contributed by atoms with Crippen LogP contribution in [0.5, 0.6) is 0 Å². The third kappa shape index (κ3) is 13.7. The third-order valence-corrected chi connectivity index (χ3v) is 0.863. The fraction of sp³-hybridized carbons (Fsp3) is 0.200. The Morgan fingerprint density at radius 1 is 1.06 bits per heavy atom. The van der Waals surface area contributed by atoms with Gasteiger partial charge in [-0.15, -0.1) is 0 Å². The summed E-state index contributed by atoms with van der Waals surface area (Å²) < 4.78 is 3.97. The lowest BCUT2D eigenvalue weighted by Gasteiger charge is -1.80. The number of esters is 2. The molecule has 17 heavy (non-hydrogen) atoms. The quantitative estimate of drug-likeness (QED) is 0.192. The Balaban J connectivity index is -0.0000000935. The van der Waals surface area contributed by atoms with Crippen molar-refractivity contribution in [2.24, 2.45) is 0 Å². The highest BCUT2D eigenvalue weighted by Crippen LogP contribution is 1.92. The molecule has 0 aliphatic carbocycles. The Morgan fingerprint density at radius 2 is 1.41 bits per heavy atom. The summed E-state index contributed by atoms with van der Waals surface area (Å²) in [6, 6.07) is 0. The van der Waals surface area contributed by atoms with Crippen LogP contribution in [0.3, 0.4) is 0 Å². The summed E-state index contributed by atoms with van der Waals surface area (Å²) in [4.78, 5) is 26.7. The molecule has 0 spiro atoms. The van der Waals surface area contributed by atoms with Gasteiger partial charge in [0.25, 0.3) is 0 Å². The molecule has 2 N–H and O–H groups in total. The number of hydrogen-bond acceptors (Lipinski definition) is 7. The first kappa shape index (κ1) is 20.2. The molecule has 1 aliphatic heterocycles. The van der Waals surface area contributed by atoms with Crippen LogP contribution >= 0.6 is 0 Å². The average molecular weight is 249 g/mol. The van der Waals surface area contributed by atoms with Gasteiger partial charge in [-0.2, -0.15) is 0 Å². The summed E-state index contributed by atoms with van der Waals surface area (Å²) in [5.74, 6) is -1.16. The van der Waals surface area contributed by atoms with E-state index in [-0.39, 0.29) is 16.3 Å². The molecule has 7 nitrogen and oxygen atoms in total. The fourth-order valence-electron chi connectivity index (χ4n) is 0.424. The SMILES string of the molecule is C.C.O=C1C=CC(=O)O1.OOC=C=C=COO.[2HH]. The number of rotatable bonds is 2. The zero-order valence-corrected chi connectivity index (χ0v) is 7.25. The summed E-state index contributed by atoms with van der Waals surface area (Å²) in [7, 11) is 0. The summed E-state index contributed by atoms with van der Waals surface area (Å²) in [5.41, 5.74) is 4.30. The topological polar surface area (TPSA) is 102 Å². The van der Waals surface area contributed by atoms with Crippen LogP contribution in [0.25, 0.3) is 0 Å². The van der Waals surface area contributed by atoms with Crippen LogP contribution in [0.4, 0.5) is 0 Å². The van der Waals surface area contributed by atoms with E-state index in [4.69, 9.17) is 10.5 Å². The maximum atomic E-state index is 9.92. The molecule has 0 aromatic rings. The Hall–Kier alpha value is -2.30.